The van der Waals surface area contributed by atoms with Crippen molar-refractivity contribution >= 4 is 29.3 Å². The highest BCUT2D eigenvalue weighted by Crippen LogP contribution is 2.21. The molecule has 0 saturated heterocycles. The molecule has 0 spiro atoms. The van der Waals surface area contributed by atoms with E-state index in [0.29, 0.717) is 10.0 Å². The molecule has 0 aliphatic rings. The summed E-state index contributed by atoms with van der Waals surface area (Å²) >= 11 is 11.8. The standard InChI is InChI=1S/C12H15Cl2N/c1-3-9(8-15-2)4-10-5-11(13)7-12(14)6-10/h4-7,15H,3,8H2,1-2H3. The summed E-state index contributed by atoms with van der Waals surface area (Å²) in [4.78, 5) is 0. The topological polar surface area (TPSA) is 12.0 Å². The minimum absolute atomic E-state index is 0.675. The maximum Gasteiger partial charge on any atom is 0.0426 e. The van der Waals surface area contributed by atoms with Gasteiger partial charge in [0.25, 0.3) is 0 Å². The van der Waals surface area contributed by atoms with E-state index in [-0.39, 0.29) is 0 Å². The molecular weight excluding hydrogens is 229 g/mol. The lowest BCUT2D eigenvalue weighted by molar-refractivity contribution is 0.851. The first-order valence-electron chi connectivity index (χ1n) is 4.96. The third kappa shape index (κ3) is 4.25. The SMILES string of the molecule is CCC(=Cc1cc(Cl)cc(Cl)c1)CNC. The zero-order chi connectivity index (χ0) is 11.3. The van der Waals surface area contributed by atoms with Gasteiger partial charge in [0.1, 0.15) is 0 Å². The van der Waals surface area contributed by atoms with Crippen molar-refractivity contribution in [2.75, 3.05) is 13.6 Å². The van der Waals surface area contributed by atoms with E-state index >= 15 is 0 Å². The Labute approximate surface area is 101 Å². The van der Waals surface area contributed by atoms with Crippen LogP contribution in [0, 0.1) is 0 Å². The largest absolute Gasteiger partial charge is 0.316 e. The maximum atomic E-state index is 5.92. The van der Waals surface area contributed by atoms with Crippen molar-refractivity contribution in [2.24, 2.45) is 0 Å². The number of halogens is 2. The molecule has 1 nitrogen and oxygen atoms in total. The second-order valence-corrected chi connectivity index (χ2v) is 4.26. The van der Waals surface area contributed by atoms with Gasteiger partial charge in [0, 0.05) is 16.6 Å². The van der Waals surface area contributed by atoms with Crippen molar-refractivity contribution in [2.45, 2.75) is 13.3 Å². The highest BCUT2D eigenvalue weighted by molar-refractivity contribution is 6.34. The quantitative estimate of drug-likeness (QED) is 0.843. The monoisotopic (exact) mass is 243 g/mol. The van der Waals surface area contributed by atoms with E-state index in [9.17, 15) is 0 Å². The lowest BCUT2D eigenvalue weighted by Gasteiger charge is -2.04. The average molecular weight is 244 g/mol. The van der Waals surface area contributed by atoms with Crippen molar-refractivity contribution in [3.8, 4) is 0 Å². The number of hydrogen-bond donors (Lipinski definition) is 1. The van der Waals surface area contributed by atoms with Gasteiger partial charge in [0.15, 0.2) is 0 Å². The van der Waals surface area contributed by atoms with Crippen LogP contribution in [-0.4, -0.2) is 13.6 Å². The summed E-state index contributed by atoms with van der Waals surface area (Å²) < 4.78 is 0. The van der Waals surface area contributed by atoms with Crippen LogP contribution in [0.2, 0.25) is 10.0 Å². The lowest BCUT2D eigenvalue weighted by atomic mass is 10.1. The molecule has 0 aliphatic heterocycles. The molecule has 1 aromatic carbocycles. The second kappa shape index (κ2) is 6.16. The fourth-order valence-electron chi connectivity index (χ4n) is 1.40. The normalized spacial score (nSPS) is 11.9. The zero-order valence-corrected chi connectivity index (χ0v) is 10.5. The van der Waals surface area contributed by atoms with Crippen LogP contribution in [0.4, 0.5) is 0 Å². The first-order chi connectivity index (χ1) is 7.15. The Bertz CT molecular complexity index is 338. The van der Waals surface area contributed by atoms with Gasteiger partial charge in [-0.1, -0.05) is 41.8 Å². The smallest absolute Gasteiger partial charge is 0.0426 e. The molecule has 1 rings (SSSR count). The summed E-state index contributed by atoms with van der Waals surface area (Å²) in [6.45, 7) is 3.02. The predicted octanol–water partition coefficient (Wildman–Crippen LogP) is 4.01. The number of benzene rings is 1. The summed E-state index contributed by atoms with van der Waals surface area (Å²) in [7, 11) is 1.94. The Hall–Kier alpha value is -0.500. The van der Waals surface area contributed by atoms with Crippen LogP contribution >= 0.6 is 23.2 Å². The molecule has 0 heterocycles. The van der Waals surface area contributed by atoms with Crippen LogP contribution < -0.4 is 5.32 Å². The van der Waals surface area contributed by atoms with Gasteiger partial charge in [-0.05, 0) is 37.2 Å². The first-order valence-corrected chi connectivity index (χ1v) is 5.71. The molecule has 0 fully saturated rings. The molecule has 0 radical (unpaired) electrons. The maximum absolute atomic E-state index is 5.92. The highest BCUT2D eigenvalue weighted by Gasteiger charge is 1.98. The van der Waals surface area contributed by atoms with Crippen LogP contribution in [0.1, 0.15) is 18.9 Å². The summed E-state index contributed by atoms with van der Waals surface area (Å²) in [5, 5.41) is 4.48. The molecule has 0 bridgehead atoms. The number of rotatable bonds is 4. The summed E-state index contributed by atoms with van der Waals surface area (Å²) in [5.41, 5.74) is 2.38. The average Bonchev–Trinajstić information content (AvgIpc) is 2.15. The molecule has 15 heavy (non-hydrogen) atoms. The van der Waals surface area contributed by atoms with E-state index in [2.05, 4.69) is 18.3 Å². The molecule has 82 valence electrons. The lowest BCUT2D eigenvalue weighted by Crippen LogP contribution is -2.09. The van der Waals surface area contributed by atoms with Crippen LogP contribution in [0.15, 0.2) is 23.8 Å². The number of likely N-dealkylation sites (N-methyl/N-ethyl adjacent to an activating group) is 1. The Morgan fingerprint density at radius 1 is 1.27 bits per heavy atom. The van der Waals surface area contributed by atoms with Crippen LogP contribution in [0.25, 0.3) is 6.08 Å². The van der Waals surface area contributed by atoms with E-state index in [1.165, 1.54) is 5.57 Å². The summed E-state index contributed by atoms with van der Waals surface area (Å²) in [6, 6.07) is 5.57. The van der Waals surface area contributed by atoms with E-state index < -0.39 is 0 Å². The molecule has 1 N–H and O–H groups in total. The fraction of sp³-hybridized carbons (Fsp3) is 0.333. The van der Waals surface area contributed by atoms with Crippen LogP contribution in [0.3, 0.4) is 0 Å². The van der Waals surface area contributed by atoms with Gasteiger partial charge in [-0.2, -0.15) is 0 Å². The van der Waals surface area contributed by atoms with Crippen LogP contribution in [-0.2, 0) is 0 Å². The van der Waals surface area contributed by atoms with E-state index in [1.54, 1.807) is 6.07 Å². The molecule has 0 unspecified atom stereocenters. The molecule has 0 amide bonds. The third-order valence-electron chi connectivity index (χ3n) is 2.11. The van der Waals surface area contributed by atoms with Crippen LogP contribution in [0.5, 0.6) is 0 Å². The number of hydrogen-bond acceptors (Lipinski definition) is 1. The highest BCUT2D eigenvalue weighted by atomic mass is 35.5. The molecule has 1 aromatic rings. The summed E-state index contributed by atoms with van der Waals surface area (Å²) in [6.07, 6.45) is 3.14. The molecule has 0 atom stereocenters. The van der Waals surface area contributed by atoms with Crippen molar-refractivity contribution in [1.82, 2.24) is 5.32 Å². The van der Waals surface area contributed by atoms with E-state index in [4.69, 9.17) is 23.2 Å². The minimum atomic E-state index is 0.675. The molecule has 0 saturated carbocycles. The predicted molar refractivity (Wildman–Crippen MR) is 68.7 cm³/mol. The molecular formula is C12H15Cl2N. The second-order valence-electron chi connectivity index (χ2n) is 3.39. The van der Waals surface area contributed by atoms with Gasteiger partial charge in [-0.15, -0.1) is 0 Å². The van der Waals surface area contributed by atoms with Gasteiger partial charge < -0.3 is 5.32 Å². The number of nitrogens with one attached hydrogen (secondary N) is 1. The zero-order valence-electron chi connectivity index (χ0n) is 8.98. The first kappa shape index (κ1) is 12.6. The Kier molecular flexibility index (Phi) is 5.16. The van der Waals surface area contributed by atoms with Crippen molar-refractivity contribution < 1.29 is 0 Å². The van der Waals surface area contributed by atoms with E-state index in [1.807, 2.05) is 19.2 Å². The Morgan fingerprint density at radius 2 is 1.87 bits per heavy atom. The van der Waals surface area contributed by atoms with Gasteiger partial charge in [-0.25, -0.2) is 0 Å². The summed E-state index contributed by atoms with van der Waals surface area (Å²) in [5.74, 6) is 0. The Balaban J connectivity index is 2.94. The van der Waals surface area contributed by atoms with Gasteiger partial charge in [0.05, 0.1) is 0 Å². The van der Waals surface area contributed by atoms with Crippen molar-refractivity contribution in [3.05, 3.63) is 39.4 Å². The van der Waals surface area contributed by atoms with Gasteiger partial charge in [0.2, 0.25) is 0 Å². The molecule has 3 heteroatoms. The third-order valence-corrected chi connectivity index (χ3v) is 2.55. The minimum Gasteiger partial charge on any atom is -0.316 e. The fourth-order valence-corrected chi connectivity index (χ4v) is 1.94. The van der Waals surface area contributed by atoms with Crippen molar-refractivity contribution in [1.29, 1.82) is 0 Å². The Morgan fingerprint density at radius 3 is 2.33 bits per heavy atom. The van der Waals surface area contributed by atoms with E-state index in [0.717, 1.165) is 18.5 Å². The van der Waals surface area contributed by atoms with Gasteiger partial charge >= 0.3 is 0 Å². The molecule has 0 aliphatic carbocycles. The van der Waals surface area contributed by atoms with Crippen molar-refractivity contribution in [3.63, 3.8) is 0 Å². The molecule has 0 aromatic heterocycles. The van der Waals surface area contributed by atoms with Gasteiger partial charge in [-0.3, -0.25) is 0 Å².